The van der Waals surface area contributed by atoms with Gasteiger partial charge >= 0.3 is 0 Å². The third-order valence-corrected chi connectivity index (χ3v) is 3.00. The molecule has 1 aliphatic rings. The molecule has 2 rings (SSSR count). The molecule has 1 fully saturated rings. The zero-order chi connectivity index (χ0) is 10.7. The van der Waals surface area contributed by atoms with Gasteiger partial charge in [-0.2, -0.15) is 0 Å². The van der Waals surface area contributed by atoms with Crippen molar-refractivity contribution in [3.05, 3.63) is 17.5 Å². The second kappa shape index (κ2) is 6.23. The Morgan fingerprint density at radius 3 is 2.94 bits per heavy atom. The quantitative estimate of drug-likeness (QED) is 0.882. The first-order valence-electron chi connectivity index (χ1n) is 5.26. The van der Waals surface area contributed by atoms with Crippen LogP contribution in [0.4, 0.5) is 5.82 Å². The molecule has 4 nitrogen and oxygen atoms in total. The Balaban J connectivity index is 0.00000128. The second-order valence-electron chi connectivity index (χ2n) is 3.63. The van der Waals surface area contributed by atoms with Crippen LogP contribution in [0, 0.1) is 0 Å². The Kier molecular flexibility index (Phi) is 5.25. The Morgan fingerprint density at radius 1 is 1.50 bits per heavy atom. The molecule has 1 atom stereocenters. The molecule has 1 unspecified atom stereocenters. The van der Waals surface area contributed by atoms with E-state index < -0.39 is 0 Å². The van der Waals surface area contributed by atoms with E-state index >= 15 is 0 Å². The summed E-state index contributed by atoms with van der Waals surface area (Å²) >= 11 is 6.04. The summed E-state index contributed by atoms with van der Waals surface area (Å²) in [5, 5.41) is 3.87. The van der Waals surface area contributed by atoms with Crippen LogP contribution in [0.5, 0.6) is 0 Å². The largest absolute Gasteiger partial charge is 0.349 e. The molecule has 0 radical (unpaired) electrons. The maximum Gasteiger partial charge on any atom is 0.171 e. The van der Waals surface area contributed by atoms with Gasteiger partial charge in [0, 0.05) is 38.1 Å². The molecule has 2 heterocycles. The van der Waals surface area contributed by atoms with E-state index in [0.29, 0.717) is 11.2 Å². The van der Waals surface area contributed by atoms with Crippen LogP contribution in [0.3, 0.4) is 0 Å². The van der Waals surface area contributed by atoms with E-state index in [-0.39, 0.29) is 12.4 Å². The Morgan fingerprint density at radius 2 is 2.25 bits per heavy atom. The number of halogens is 2. The number of hydrogen-bond acceptors (Lipinski definition) is 4. The minimum absolute atomic E-state index is 0. The van der Waals surface area contributed by atoms with Crippen LogP contribution in [0.15, 0.2) is 12.4 Å². The van der Waals surface area contributed by atoms with Gasteiger partial charge in [0.25, 0.3) is 0 Å². The molecule has 0 bridgehead atoms. The molecule has 6 heteroatoms. The highest BCUT2D eigenvalue weighted by molar-refractivity contribution is 6.31. The van der Waals surface area contributed by atoms with Crippen molar-refractivity contribution in [3.63, 3.8) is 0 Å². The van der Waals surface area contributed by atoms with Crippen molar-refractivity contribution in [3.8, 4) is 0 Å². The number of rotatable bonds is 2. The van der Waals surface area contributed by atoms with Crippen LogP contribution in [0.25, 0.3) is 0 Å². The number of aromatic nitrogens is 2. The van der Waals surface area contributed by atoms with E-state index in [2.05, 4.69) is 27.1 Å². The minimum atomic E-state index is 0. The summed E-state index contributed by atoms with van der Waals surface area (Å²) < 4.78 is 0. The minimum Gasteiger partial charge on any atom is -0.349 e. The molecular formula is C10H16Cl2N4. The molecule has 1 aromatic heterocycles. The first-order valence-corrected chi connectivity index (χ1v) is 5.64. The molecule has 1 N–H and O–H groups in total. The Labute approximate surface area is 107 Å². The van der Waals surface area contributed by atoms with E-state index in [1.807, 2.05) is 0 Å². The number of anilines is 1. The average molecular weight is 263 g/mol. The van der Waals surface area contributed by atoms with E-state index in [4.69, 9.17) is 11.6 Å². The lowest BCUT2D eigenvalue weighted by atomic mass is 10.1. The number of hydrogen-bond donors (Lipinski definition) is 1. The zero-order valence-electron chi connectivity index (χ0n) is 9.19. The van der Waals surface area contributed by atoms with Crippen molar-refractivity contribution in [2.75, 3.05) is 24.5 Å². The average Bonchev–Trinajstić information content (AvgIpc) is 2.30. The molecule has 0 aromatic carbocycles. The Hall–Kier alpha value is -0.580. The predicted octanol–water partition coefficient (Wildman–Crippen LogP) is 1.74. The number of nitrogens with one attached hydrogen (secondary N) is 1. The van der Waals surface area contributed by atoms with Crippen molar-refractivity contribution in [2.24, 2.45) is 0 Å². The summed E-state index contributed by atoms with van der Waals surface area (Å²) in [5.74, 6) is 0.813. The maximum atomic E-state index is 6.04. The third kappa shape index (κ3) is 2.75. The summed E-state index contributed by atoms with van der Waals surface area (Å²) in [4.78, 5) is 10.6. The van der Waals surface area contributed by atoms with Gasteiger partial charge in [0.1, 0.15) is 0 Å². The van der Waals surface area contributed by atoms with Gasteiger partial charge < -0.3 is 10.2 Å². The topological polar surface area (TPSA) is 41.0 Å². The van der Waals surface area contributed by atoms with E-state index in [0.717, 1.165) is 31.9 Å². The highest BCUT2D eigenvalue weighted by Gasteiger charge is 2.23. The van der Waals surface area contributed by atoms with E-state index in [1.54, 1.807) is 12.4 Å². The van der Waals surface area contributed by atoms with Gasteiger partial charge in [-0.25, -0.2) is 9.97 Å². The first kappa shape index (κ1) is 13.5. The lowest BCUT2D eigenvalue weighted by Crippen LogP contribution is -2.51. The van der Waals surface area contributed by atoms with Crippen molar-refractivity contribution in [1.29, 1.82) is 0 Å². The fourth-order valence-electron chi connectivity index (χ4n) is 1.91. The summed E-state index contributed by atoms with van der Waals surface area (Å²) in [6, 6.07) is 0.466. The zero-order valence-corrected chi connectivity index (χ0v) is 10.8. The maximum absolute atomic E-state index is 6.04. The SMILES string of the molecule is CCC1CNCCN1c1nccnc1Cl.Cl. The van der Waals surface area contributed by atoms with Crippen LogP contribution in [-0.2, 0) is 0 Å². The van der Waals surface area contributed by atoms with Crippen molar-refractivity contribution in [2.45, 2.75) is 19.4 Å². The standard InChI is InChI=1S/C10H15ClN4.ClH/c1-2-8-7-12-5-6-15(8)10-9(11)13-3-4-14-10;/h3-4,8,12H,2,5-7H2,1H3;1H. The fourth-order valence-corrected chi connectivity index (χ4v) is 2.12. The summed E-state index contributed by atoms with van der Waals surface area (Å²) in [6.07, 6.45) is 4.39. The lowest BCUT2D eigenvalue weighted by Gasteiger charge is -2.36. The van der Waals surface area contributed by atoms with Gasteiger partial charge in [0.15, 0.2) is 11.0 Å². The molecule has 1 aromatic rings. The van der Waals surface area contributed by atoms with Crippen LogP contribution in [0.1, 0.15) is 13.3 Å². The molecular weight excluding hydrogens is 247 g/mol. The lowest BCUT2D eigenvalue weighted by molar-refractivity contribution is 0.463. The molecule has 1 aliphatic heterocycles. The van der Waals surface area contributed by atoms with Crippen LogP contribution in [0.2, 0.25) is 5.15 Å². The highest BCUT2D eigenvalue weighted by atomic mass is 35.5. The van der Waals surface area contributed by atoms with Crippen LogP contribution in [-0.4, -0.2) is 35.6 Å². The molecule has 1 saturated heterocycles. The molecule has 0 amide bonds. The molecule has 0 spiro atoms. The second-order valence-corrected chi connectivity index (χ2v) is 3.99. The molecule has 0 aliphatic carbocycles. The number of nitrogens with zero attached hydrogens (tertiary/aromatic N) is 3. The van der Waals surface area contributed by atoms with Gasteiger partial charge in [-0.3, -0.25) is 0 Å². The van der Waals surface area contributed by atoms with E-state index in [1.165, 1.54) is 0 Å². The van der Waals surface area contributed by atoms with Gasteiger partial charge in [-0.1, -0.05) is 18.5 Å². The number of piperazine rings is 1. The fraction of sp³-hybridized carbons (Fsp3) is 0.600. The first-order chi connectivity index (χ1) is 7.33. The summed E-state index contributed by atoms with van der Waals surface area (Å²) in [6.45, 7) is 5.08. The third-order valence-electron chi connectivity index (χ3n) is 2.73. The molecule has 16 heavy (non-hydrogen) atoms. The van der Waals surface area contributed by atoms with E-state index in [9.17, 15) is 0 Å². The van der Waals surface area contributed by atoms with Crippen molar-refractivity contribution >= 4 is 29.8 Å². The Bertz CT molecular complexity index is 334. The summed E-state index contributed by atoms with van der Waals surface area (Å²) in [7, 11) is 0. The molecule has 0 saturated carbocycles. The van der Waals surface area contributed by atoms with Crippen LogP contribution < -0.4 is 10.2 Å². The summed E-state index contributed by atoms with van der Waals surface area (Å²) in [5.41, 5.74) is 0. The van der Waals surface area contributed by atoms with Gasteiger partial charge in [-0.15, -0.1) is 12.4 Å². The van der Waals surface area contributed by atoms with Gasteiger partial charge in [-0.05, 0) is 6.42 Å². The van der Waals surface area contributed by atoms with Crippen molar-refractivity contribution in [1.82, 2.24) is 15.3 Å². The highest BCUT2D eigenvalue weighted by Crippen LogP contribution is 2.23. The molecule has 90 valence electrons. The predicted molar refractivity (Wildman–Crippen MR) is 68.6 cm³/mol. The smallest absolute Gasteiger partial charge is 0.171 e. The van der Waals surface area contributed by atoms with Crippen molar-refractivity contribution < 1.29 is 0 Å². The normalized spacial score (nSPS) is 20.4. The monoisotopic (exact) mass is 262 g/mol. The van der Waals surface area contributed by atoms with Gasteiger partial charge in [0.2, 0.25) is 0 Å². The van der Waals surface area contributed by atoms with Gasteiger partial charge in [0.05, 0.1) is 0 Å². The van der Waals surface area contributed by atoms with Crippen LogP contribution >= 0.6 is 24.0 Å².